The zero-order valence-electron chi connectivity index (χ0n) is 12.6. The van der Waals surface area contributed by atoms with Crippen LogP contribution in [-0.2, 0) is 11.2 Å². The van der Waals surface area contributed by atoms with Gasteiger partial charge in [0.1, 0.15) is 11.8 Å². The Bertz CT molecular complexity index is 684. The van der Waals surface area contributed by atoms with Crippen LogP contribution in [0.1, 0.15) is 15.9 Å². The second-order valence-electron chi connectivity index (χ2n) is 4.99. The summed E-state index contributed by atoms with van der Waals surface area (Å²) in [5.74, 6) is -0.253. The zero-order valence-corrected chi connectivity index (χ0v) is 13.3. The van der Waals surface area contributed by atoms with Gasteiger partial charge in [-0.25, -0.2) is 0 Å². The highest BCUT2D eigenvalue weighted by Gasteiger charge is 2.19. The van der Waals surface area contributed by atoms with Gasteiger partial charge < -0.3 is 15.8 Å². The number of ether oxygens (including phenoxy) is 1. The maximum absolute atomic E-state index is 12.2. The molecule has 2 aromatic rings. The van der Waals surface area contributed by atoms with Crippen molar-refractivity contribution in [1.82, 2.24) is 5.32 Å². The lowest BCUT2D eigenvalue weighted by atomic mass is 10.0. The molecular weight excluding hydrogens is 316 g/mol. The van der Waals surface area contributed by atoms with Gasteiger partial charge in [0.25, 0.3) is 5.91 Å². The molecule has 120 valence electrons. The van der Waals surface area contributed by atoms with Gasteiger partial charge in [-0.2, -0.15) is 0 Å². The van der Waals surface area contributed by atoms with Crippen molar-refractivity contribution in [3.05, 3.63) is 64.7 Å². The van der Waals surface area contributed by atoms with Crippen LogP contribution in [0.5, 0.6) is 5.75 Å². The highest BCUT2D eigenvalue weighted by Crippen LogP contribution is 2.13. The summed E-state index contributed by atoms with van der Waals surface area (Å²) >= 11 is 5.79. The molecule has 2 rings (SSSR count). The Morgan fingerprint density at radius 2 is 1.74 bits per heavy atom. The summed E-state index contributed by atoms with van der Waals surface area (Å²) < 4.78 is 5.08. The monoisotopic (exact) mass is 332 g/mol. The molecule has 0 heterocycles. The van der Waals surface area contributed by atoms with Crippen molar-refractivity contribution < 1.29 is 14.3 Å². The van der Waals surface area contributed by atoms with E-state index in [1.165, 1.54) is 0 Å². The maximum atomic E-state index is 12.2. The normalized spacial score (nSPS) is 11.6. The van der Waals surface area contributed by atoms with Gasteiger partial charge in [0, 0.05) is 17.0 Å². The van der Waals surface area contributed by atoms with Crippen molar-refractivity contribution in [2.45, 2.75) is 12.5 Å². The van der Waals surface area contributed by atoms with Gasteiger partial charge in [0.05, 0.1) is 7.11 Å². The molecule has 0 saturated carbocycles. The molecule has 0 radical (unpaired) electrons. The molecule has 6 heteroatoms. The summed E-state index contributed by atoms with van der Waals surface area (Å²) in [6, 6.07) is 12.8. The van der Waals surface area contributed by atoms with E-state index in [9.17, 15) is 9.59 Å². The molecule has 2 aromatic carbocycles. The van der Waals surface area contributed by atoms with Gasteiger partial charge in [-0.1, -0.05) is 23.7 Å². The first-order valence-electron chi connectivity index (χ1n) is 6.98. The van der Waals surface area contributed by atoms with Gasteiger partial charge in [-0.05, 0) is 42.0 Å². The summed E-state index contributed by atoms with van der Waals surface area (Å²) in [5.41, 5.74) is 6.67. The molecule has 3 N–H and O–H groups in total. The first-order valence-corrected chi connectivity index (χ1v) is 7.36. The molecular formula is C17H17ClN2O3. The number of nitrogens with two attached hydrogens (primary N) is 1. The quantitative estimate of drug-likeness (QED) is 0.850. The molecule has 0 aliphatic carbocycles. The standard InChI is InChI=1S/C17H17ClN2O3/c1-23-14-8-2-11(3-9-14)10-15(16(19)21)20-17(22)12-4-6-13(18)7-5-12/h2-9,15H,10H2,1H3,(H2,19,21)(H,20,22)/t15-/m0/s1. The highest BCUT2D eigenvalue weighted by atomic mass is 35.5. The molecule has 0 unspecified atom stereocenters. The molecule has 0 bridgehead atoms. The predicted octanol–water partition coefficient (Wildman–Crippen LogP) is 2.17. The van der Waals surface area contributed by atoms with Crippen molar-refractivity contribution in [3.8, 4) is 5.75 Å². The Balaban J connectivity index is 2.07. The minimum absolute atomic E-state index is 0.304. The van der Waals surface area contributed by atoms with E-state index in [0.29, 0.717) is 17.0 Å². The van der Waals surface area contributed by atoms with E-state index in [-0.39, 0.29) is 5.91 Å². The van der Waals surface area contributed by atoms with Crippen molar-refractivity contribution in [2.24, 2.45) is 5.73 Å². The number of halogens is 1. The van der Waals surface area contributed by atoms with Crippen LogP contribution in [-0.4, -0.2) is 25.0 Å². The second-order valence-corrected chi connectivity index (χ2v) is 5.42. The average molecular weight is 333 g/mol. The summed E-state index contributed by atoms with van der Waals surface area (Å²) in [7, 11) is 1.58. The Labute approximate surface area is 139 Å². The second kappa shape index (κ2) is 7.65. The van der Waals surface area contributed by atoms with Crippen LogP contribution in [0.15, 0.2) is 48.5 Å². The van der Waals surface area contributed by atoms with E-state index in [4.69, 9.17) is 22.1 Å². The van der Waals surface area contributed by atoms with Gasteiger partial charge in [-0.3, -0.25) is 9.59 Å². The van der Waals surface area contributed by atoms with Crippen LogP contribution in [0.4, 0.5) is 0 Å². The van der Waals surface area contributed by atoms with Crippen LogP contribution in [0.3, 0.4) is 0 Å². The lowest BCUT2D eigenvalue weighted by Crippen LogP contribution is -2.45. The van der Waals surface area contributed by atoms with Crippen molar-refractivity contribution in [1.29, 1.82) is 0 Å². The number of carbonyl (C=O) groups is 2. The number of hydrogen-bond donors (Lipinski definition) is 2. The van der Waals surface area contributed by atoms with Crippen LogP contribution >= 0.6 is 11.6 Å². The number of rotatable bonds is 6. The number of benzene rings is 2. The molecule has 5 nitrogen and oxygen atoms in total. The van der Waals surface area contributed by atoms with Crippen LogP contribution in [0.2, 0.25) is 5.02 Å². The Morgan fingerprint density at radius 1 is 1.13 bits per heavy atom. The molecule has 0 saturated heterocycles. The first kappa shape index (κ1) is 16.8. The van der Waals surface area contributed by atoms with E-state index in [1.807, 2.05) is 12.1 Å². The minimum atomic E-state index is -0.799. The maximum Gasteiger partial charge on any atom is 0.251 e. The van der Waals surface area contributed by atoms with Crippen LogP contribution in [0, 0.1) is 0 Å². The van der Waals surface area contributed by atoms with Crippen LogP contribution in [0.25, 0.3) is 0 Å². The molecule has 0 aliphatic rings. The number of nitrogens with one attached hydrogen (secondary N) is 1. The van der Waals surface area contributed by atoms with E-state index in [2.05, 4.69) is 5.32 Å². The Hall–Kier alpha value is -2.53. The van der Waals surface area contributed by atoms with E-state index < -0.39 is 11.9 Å². The minimum Gasteiger partial charge on any atom is -0.497 e. The number of methoxy groups -OCH3 is 1. The van der Waals surface area contributed by atoms with Gasteiger partial charge in [-0.15, -0.1) is 0 Å². The molecule has 23 heavy (non-hydrogen) atoms. The average Bonchev–Trinajstić information content (AvgIpc) is 2.55. The van der Waals surface area contributed by atoms with Crippen molar-refractivity contribution >= 4 is 23.4 Å². The topological polar surface area (TPSA) is 81.4 Å². The first-order chi connectivity index (χ1) is 11.0. The largest absolute Gasteiger partial charge is 0.497 e. The highest BCUT2D eigenvalue weighted by molar-refractivity contribution is 6.30. The molecule has 0 aromatic heterocycles. The summed E-state index contributed by atoms with van der Waals surface area (Å²) in [6.07, 6.45) is 0.304. The zero-order chi connectivity index (χ0) is 16.8. The third-order valence-corrected chi connectivity index (χ3v) is 3.61. The molecule has 0 fully saturated rings. The molecule has 1 atom stereocenters. The van der Waals surface area contributed by atoms with Gasteiger partial charge >= 0.3 is 0 Å². The molecule has 0 aliphatic heterocycles. The Morgan fingerprint density at radius 3 is 2.26 bits per heavy atom. The van der Waals surface area contributed by atoms with Crippen molar-refractivity contribution in [2.75, 3.05) is 7.11 Å². The summed E-state index contributed by atoms with van der Waals surface area (Å²) in [4.78, 5) is 23.8. The van der Waals surface area contributed by atoms with Crippen LogP contribution < -0.4 is 15.8 Å². The fourth-order valence-electron chi connectivity index (χ4n) is 2.06. The SMILES string of the molecule is COc1ccc(C[C@H](NC(=O)c2ccc(Cl)cc2)C(N)=O)cc1. The van der Waals surface area contributed by atoms with Crippen molar-refractivity contribution in [3.63, 3.8) is 0 Å². The van der Waals surface area contributed by atoms with E-state index >= 15 is 0 Å². The lowest BCUT2D eigenvalue weighted by Gasteiger charge is -2.16. The molecule has 0 spiro atoms. The van der Waals surface area contributed by atoms with E-state index in [1.54, 1.807) is 43.5 Å². The van der Waals surface area contributed by atoms with Gasteiger partial charge in [0.2, 0.25) is 5.91 Å². The third-order valence-electron chi connectivity index (χ3n) is 3.35. The lowest BCUT2D eigenvalue weighted by molar-refractivity contribution is -0.119. The smallest absolute Gasteiger partial charge is 0.251 e. The number of carbonyl (C=O) groups excluding carboxylic acids is 2. The fourth-order valence-corrected chi connectivity index (χ4v) is 2.19. The Kier molecular flexibility index (Phi) is 5.60. The van der Waals surface area contributed by atoms with E-state index in [0.717, 1.165) is 11.3 Å². The number of primary amides is 1. The van der Waals surface area contributed by atoms with Gasteiger partial charge in [0.15, 0.2) is 0 Å². The summed E-state index contributed by atoms with van der Waals surface area (Å²) in [5, 5.41) is 3.18. The number of hydrogen-bond acceptors (Lipinski definition) is 3. The fraction of sp³-hybridized carbons (Fsp3) is 0.176. The number of amides is 2. The predicted molar refractivity (Wildman–Crippen MR) is 88.6 cm³/mol. The summed E-state index contributed by atoms with van der Waals surface area (Å²) in [6.45, 7) is 0. The third kappa shape index (κ3) is 4.72. The molecule has 2 amide bonds.